The molecule has 0 atom stereocenters. The molecule has 0 spiro atoms. The lowest BCUT2D eigenvalue weighted by atomic mass is 9.92. The minimum Gasteiger partial charge on any atom is -0.381 e. The van der Waals surface area contributed by atoms with E-state index in [2.05, 4.69) is 32.3 Å². The van der Waals surface area contributed by atoms with Crippen molar-refractivity contribution in [1.29, 1.82) is 0 Å². The van der Waals surface area contributed by atoms with Crippen molar-refractivity contribution in [2.75, 3.05) is 19.1 Å². The number of pyridine rings is 1. The van der Waals surface area contributed by atoms with Crippen LogP contribution in [0.15, 0.2) is 22.9 Å². The molecule has 1 saturated heterocycles. The van der Waals surface area contributed by atoms with Gasteiger partial charge in [-0.15, -0.1) is 11.6 Å². The van der Waals surface area contributed by atoms with E-state index >= 15 is 0 Å². The maximum atomic E-state index is 6.09. The van der Waals surface area contributed by atoms with Crippen LogP contribution in [0.25, 0.3) is 0 Å². The summed E-state index contributed by atoms with van der Waals surface area (Å²) in [4.78, 5) is 4.15. The average molecular weight is 320 g/mol. The van der Waals surface area contributed by atoms with Crippen molar-refractivity contribution in [2.45, 2.75) is 24.9 Å². The van der Waals surface area contributed by atoms with E-state index in [9.17, 15) is 0 Å². The highest BCUT2D eigenvalue weighted by molar-refractivity contribution is 9.10. The van der Waals surface area contributed by atoms with Gasteiger partial charge in [0.15, 0.2) is 0 Å². The van der Waals surface area contributed by atoms with Gasteiger partial charge in [0.2, 0.25) is 0 Å². The topological polar surface area (TPSA) is 34.2 Å². The zero-order chi connectivity index (χ0) is 12.1. The fourth-order valence-electron chi connectivity index (χ4n) is 1.96. The lowest BCUT2D eigenvalue weighted by Crippen LogP contribution is -2.50. The number of halogens is 2. The summed E-state index contributed by atoms with van der Waals surface area (Å²) < 4.78 is 6.38. The third kappa shape index (κ3) is 3.65. The molecule has 3 nitrogen and oxygen atoms in total. The Morgan fingerprint density at radius 2 is 2.18 bits per heavy atom. The van der Waals surface area contributed by atoms with Crippen LogP contribution in [0.2, 0.25) is 0 Å². The van der Waals surface area contributed by atoms with Crippen molar-refractivity contribution < 1.29 is 4.74 Å². The van der Waals surface area contributed by atoms with Crippen molar-refractivity contribution in [2.24, 2.45) is 0 Å². The standard InChI is InChI=1S/C12H16BrClN2O/c13-11-5-10(6-15-8-11)7-16-12(9-14)1-3-17-4-2-12/h5-6,8,16H,1-4,7,9H2. The Balaban J connectivity index is 1.95. The summed E-state index contributed by atoms with van der Waals surface area (Å²) in [5.41, 5.74) is 1.18. The van der Waals surface area contributed by atoms with Crippen LogP contribution in [-0.4, -0.2) is 29.6 Å². The summed E-state index contributed by atoms with van der Waals surface area (Å²) in [6, 6.07) is 2.07. The SMILES string of the molecule is ClCC1(NCc2cncc(Br)c2)CCOCC1. The Morgan fingerprint density at radius 3 is 2.82 bits per heavy atom. The Morgan fingerprint density at radius 1 is 1.41 bits per heavy atom. The van der Waals surface area contributed by atoms with Crippen LogP contribution in [0, 0.1) is 0 Å². The Bertz CT molecular complexity index is 369. The van der Waals surface area contributed by atoms with Crippen LogP contribution in [0.5, 0.6) is 0 Å². The molecule has 2 rings (SSSR count). The molecule has 2 heterocycles. The van der Waals surface area contributed by atoms with Gasteiger partial charge in [0.05, 0.1) is 0 Å². The molecule has 1 aliphatic rings. The Labute approximate surface area is 115 Å². The lowest BCUT2D eigenvalue weighted by molar-refractivity contribution is 0.0459. The molecule has 17 heavy (non-hydrogen) atoms. The van der Waals surface area contributed by atoms with Crippen molar-refractivity contribution >= 4 is 27.5 Å². The van der Waals surface area contributed by atoms with Crippen LogP contribution in [-0.2, 0) is 11.3 Å². The average Bonchev–Trinajstić information content (AvgIpc) is 2.38. The van der Waals surface area contributed by atoms with Gasteiger partial charge in [-0.25, -0.2) is 0 Å². The molecule has 0 aliphatic carbocycles. The van der Waals surface area contributed by atoms with Crippen molar-refractivity contribution in [3.05, 3.63) is 28.5 Å². The minimum absolute atomic E-state index is 0.0160. The van der Waals surface area contributed by atoms with Crippen LogP contribution in [0.4, 0.5) is 0 Å². The maximum Gasteiger partial charge on any atom is 0.0484 e. The summed E-state index contributed by atoms with van der Waals surface area (Å²) in [7, 11) is 0. The molecule has 0 saturated carbocycles. The second-order valence-corrected chi connectivity index (χ2v) is 5.57. The zero-order valence-corrected chi connectivity index (χ0v) is 11.9. The van der Waals surface area contributed by atoms with E-state index in [1.54, 1.807) is 6.20 Å². The quantitative estimate of drug-likeness (QED) is 0.867. The van der Waals surface area contributed by atoms with E-state index in [4.69, 9.17) is 16.3 Å². The second-order valence-electron chi connectivity index (χ2n) is 4.39. The summed E-state index contributed by atoms with van der Waals surface area (Å²) in [5.74, 6) is 0.623. The number of hydrogen-bond acceptors (Lipinski definition) is 3. The van der Waals surface area contributed by atoms with E-state index in [1.165, 1.54) is 0 Å². The number of hydrogen-bond donors (Lipinski definition) is 1. The highest BCUT2D eigenvalue weighted by Crippen LogP contribution is 2.23. The number of nitrogens with zero attached hydrogens (tertiary/aromatic N) is 1. The first-order valence-corrected chi connectivity index (χ1v) is 7.05. The summed E-state index contributed by atoms with van der Waals surface area (Å²) in [6.45, 7) is 2.37. The molecule has 1 N–H and O–H groups in total. The van der Waals surface area contributed by atoms with E-state index in [-0.39, 0.29) is 5.54 Å². The van der Waals surface area contributed by atoms with E-state index in [1.807, 2.05) is 6.20 Å². The van der Waals surface area contributed by atoms with E-state index in [0.717, 1.165) is 42.6 Å². The number of nitrogens with one attached hydrogen (secondary N) is 1. The monoisotopic (exact) mass is 318 g/mol. The molecule has 94 valence electrons. The number of alkyl halides is 1. The first kappa shape index (κ1) is 13.3. The normalized spacial score (nSPS) is 19.2. The second kappa shape index (κ2) is 6.14. The van der Waals surface area contributed by atoms with Crippen LogP contribution < -0.4 is 5.32 Å². The first-order valence-electron chi connectivity index (χ1n) is 5.72. The van der Waals surface area contributed by atoms with E-state index < -0.39 is 0 Å². The van der Waals surface area contributed by atoms with Gasteiger partial charge in [0.25, 0.3) is 0 Å². The largest absolute Gasteiger partial charge is 0.381 e. The molecular weight excluding hydrogens is 304 g/mol. The highest BCUT2D eigenvalue weighted by Gasteiger charge is 2.30. The fraction of sp³-hybridized carbons (Fsp3) is 0.583. The minimum atomic E-state index is 0.0160. The van der Waals surface area contributed by atoms with Gasteiger partial charge in [-0.2, -0.15) is 0 Å². The zero-order valence-electron chi connectivity index (χ0n) is 9.59. The van der Waals surface area contributed by atoms with E-state index in [0.29, 0.717) is 5.88 Å². The van der Waals surface area contributed by atoms with Gasteiger partial charge in [-0.05, 0) is 40.4 Å². The molecule has 0 bridgehead atoms. The molecule has 0 unspecified atom stereocenters. The summed E-state index contributed by atoms with van der Waals surface area (Å²) in [6.07, 6.45) is 5.60. The van der Waals surface area contributed by atoms with Crippen molar-refractivity contribution in [3.8, 4) is 0 Å². The molecule has 5 heteroatoms. The summed E-state index contributed by atoms with van der Waals surface area (Å²) >= 11 is 9.51. The molecular formula is C12H16BrClN2O. The molecule has 1 aromatic heterocycles. The molecule has 1 fully saturated rings. The van der Waals surface area contributed by atoms with Crippen molar-refractivity contribution in [1.82, 2.24) is 10.3 Å². The van der Waals surface area contributed by atoms with Gasteiger partial charge in [0, 0.05) is 48.0 Å². The molecule has 1 aromatic rings. The van der Waals surface area contributed by atoms with Gasteiger partial charge in [-0.1, -0.05) is 0 Å². The van der Waals surface area contributed by atoms with Crippen LogP contribution in [0.3, 0.4) is 0 Å². The fourth-order valence-corrected chi connectivity index (χ4v) is 2.74. The number of ether oxygens (including phenoxy) is 1. The van der Waals surface area contributed by atoms with Gasteiger partial charge in [-0.3, -0.25) is 4.98 Å². The lowest BCUT2D eigenvalue weighted by Gasteiger charge is -2.36. The molecule has 0 aromatic carbocycles. The highest BCUT2D eigenvalue weighted by atomic mass is 79.9. The maximum absolute atomic E-state index is 6.09. The number of aromatic nitrogens is 1. The Hall–Kier alpha value is -0.160. The Kier molecular flexibility index (Phi) is 4.79. The van der Waals surface area contributed by atoms with Gasteiger partial charge < -0.3 is 10.1 Å². The smallest absolute Gasteiger partial charge is 0.0484 e. The van der Waals surface area contributed by atoms with Crippen molar-refractivity contribution in [3.63, 3.8) is 0 Å². The summed E-state index contributed by atoms with van der Waals surface area (Å²) in [5, 5.41) is 3.56. The third-order valence-corrected chi connectivity index (χ3v) is 4.08. The van der Waals surface area contributed by atoms with Crippen LogP contribution >= 0.6 is 27.5 Å². The predicted octanol–water partition coefficient (Wildman–Crippen LogP) is 2.72. The first-order chi connectivity index (χ1) is 8.24. The molecule has 0 radical (unpaired) electrons. The van der Waals surface area contributed by atoms with Gasteiger partial charge >= 0.3 is 0 Å². The third-order valence-electron chi connectivity index (χ3n) is 3.13. The van der Waals surface area contributed by atoms with Crippen LogP contribution in [0.1, 0.15) is 18.4 Å². The number of rotatable bonds is 4. The molecule has 0 amide bonds. The predicted molar refractivity (Wildman–Crippen MR) is 72.3 cm³/mol. The molecule has 1 aliphatic heterocycles. The van der Waals surface area contributed by atoms with Gasteiger partial charge in [0.1, 0.15) is 0 Å².